The van der Waals surface area contributed by atoms with Crippen LogP contribution in [0.3, 0.4) is 0 Å². The Bertz CT molecular complexity index is 637. The number of benzene rings is 1. The lowest BCUT2D eigenvalue weighted by Crippen LogP contribution is -2.25. The smallest absolute Gasteiger partial charge is 0.248 e. The van der Waals surface area contributed by atoms with E-state index in [9.17, 15) is 9.59 Å². The Kier molecular flexibility index (Phi) is 5.43. The molecule has 0 aromatic heterocycles. The van der Waals surface area contributed by atoms with Gasteiger partial charge >= 0.3 is 0 Å². The van der Waals surface area contributed by atoms with Crippen molar-refractivity contribution in [1.29, 1.82) is 0 Å². The Morgan fingerprint density at radius 2 is 2.09 bits per heavy atom. The van der Waals surface area contributed by atoms with E-state index in [1.54, 1.807) is 6.92 Å². The normalized spacial score (nSPS) is 18.0. The van der Waals surface area contributed by atoms with Crippen LogP contribution in [0, 0.1) is 5.92 Å². The molecule has 2 N–H and O–H groups in total. The molecule has 0 fully saturated rings. The third kappa shape index (κ3) is 4.24. The van der Waals surface area contributed by atoms with E-state index in [2.05, 4.69) is 37.0 Å². The van der Waals surface area contributed by atoms with Crippen LogP contribution in [-0.4, -0.2) is 23.2 Å². The molecule has 7 heteroatoms. The molecule has 6 nitrogen and oxygen atoms in total. The lowest BCUT2D eigenvalue weighted by atomic mass is 9.99. The Labute approximate surface area is 137 Å². The van der Waals surface area contributed by atoms with Gasteiger partial charge in [0.1, 0.15) is 0 Å². The Morgan fingerprint density at radius 3 is 2.68 bits per heavy atom. The molecule has 2 amide bonds. The number of carbonyl (C=O) groups is 2. The van der Waals surface area contributed by atoms with Crippen LogP contribution in [0.2, 0.25) is 0 Å². The van der Waals surface area contributed by atoms with E-state index in [1.165, 1.54) is 0 Å². The molecule has 1 aromatic carbocycles. The number of hydrogen-bond donors (Lipinski definition) is 2. The zero-order chi connectivity index (χ0) is 16.1. The third-order valence-electron chi connectivity index (χ3n) is 3.43. The molecule has 0 spiro atoms. The fourth-order valence-corrected chi connectivity index (χ4v) is 2.33. The molecule has 1 aliphatic rings. The van der Waals surface area contributed by atoms with Crippen LogP contribution in [0.4, 0.5) is 0 Å². The first-order chi connectivity index (χ1) is 10.5. The van der Waals surface area contributed by atoms with Crippen molar-refractivity contribution in [2.24, 2.45) is 16.1 Å². The fraction of sp³-hybridized carbons (Fsp3) is 0.333. The van der Waals surface area contributed by atoms with E-state index >= 15 is 0 Å². The first kappa shape index (κ1) is 16.4. The van der Waals surface area contributed by atoms with Crippen LogP contribution in [0.15, 0.2) is 38.9 Å². The van der Waals surface area contributed by atoms with Gasteiger partial charge in [0.15, 0.2) is 0 Å². The van der Waals surface area contributed by atoms with Gasteiger partial charge in [-0.15, -0.1) is 0 Å². The first-order valence-corrected chi connectivity index (χ1v) is 7.70. The van der Waals surface area contributed by atoms with Crippen LogP contribution in [0.5, 0.6) is 0 Å². The average Bonchev–Trinajstić information content (AvgIpc) is 2.82. The molecule has 0 radical (unpaired) electrons. The summed E-state index contributed by atoms with van der Waals surface area (Å²) in [6, 6.07) is 7.66. The Balaban J connectivity index is 1.84. The van der Waals surface area contributed by atoms with Crippen LogP contribution >= 0.6 is 15.9 Å². The molecule has 1 aliphatic heterocycles. The maximum Gasteiger partial charge on any atom is 0.248 e. The maximum atomic E-state index is 11.8. The van der Waals surface area contributed by atoms with E-state index in [-0.39, 0.29) is 24.2 Å². The van der Waals surface area contributed by atoms with Gasteiger partial charge in [-0.3, -0.25) is 9.59 Å². The maximum absolute atomic E-state index is 11.8. The van der Waals surface area contributed by atoms with E-state index in [0.29, 0.717) is 12.1 Å². The second-order valence-corrected chi connectivity index (χ2v) is 5.98. The standard InChI is InChI=1S/C15H17BrN4O2/c1-9(11-3-5-12(16)6-4-11)17-19-14(21)8-7-13-10(2)18-20-15(13)22/h3-6,13H,7-8H2,1-2H3,(H,19,21)(H,20,22)/b17-9-/t13-/m1/s1. The Hall–Kier alpha value is -2.02. The van der Waals surface area contributed by atoms with Crippen molar-refractivity contribution in [3.63, 3.8) is 0 Å². The molecule has 1 atom stereocenters. The lowest BCUT2D eigenvalue weighted by Gasteiger charge is -2.07. The summed E-state index contributed by atoms with van der Waals surface area (Å²) in [6.07, 6.45) is 0.655. The van der Waals surface area contributed by atoms with E-state index in [0.717, 1.165) is 15.7 Å². The minimum Gasteiger partial charge on any atom is -0.273 e. The molecule has 2 rings (SSSR count). The zero-order valence-electron chi connectivity index (χ0n) is 12.4. The van der Waals surface area contributed by atoms with Gasteiger partial charge in [0, 0.05) is 16.6 Å². The van der Waals surface area contributed by atoms with Crippen molar-refractivity contribution >= 4 is 39.2 Å². The largest absolute Gasteiger partial charge is 0.273 e. The van der Waals surface area contributed by atoms with E-state index in [4.69, 9.17) is 0 Å². The summed E-state index contributed by atoms with van der Waals surface area (Å²) >= 11 is 3.37. The summed E-state index contributed by atoms with van der Waals surface area (Å²) in [5.74, 6) is -0.689. The summed E-state index contributed by atoms with van der Waals surface area (Å²) in [5.41, 5.74) is 7.29. The number of hydrogen-bond acceptors (Lipinski definition) is 4. The predicted octanol–water partition coefficient (Wildman–Crippen LogP) is 2.19. The summed E-state index contributed by atoms with van der Waals surface area (Å²) in [4.78, 5) is 23.3. The number of nitrogens with one attached hydrogen (secondary N) is 2. The minimum atomic E-state index is -0.317. The van der Waals surface area contributed by atoms with Crippen LogP contribution in [0.25, 0.3) is 0 Å². The number of amides is 2. The minimum absolute atomic E-state index is 0.153. The summed E-state index contributed by atoms with van der Waals surface area (Å²) < 4.78 is 0.986. The average molecular weight is 365 g/mol. The van der Waals surface area contributed by atoms with Gasteiger partial charge in [-0.25, -0.2) is 10.9 Å². The van der Waals surface area contributed by atoms with Gasteiger partial charge in [-0.05, 0) is 38.0 Å². The quantitative estimate of drug-likeness (QED) is 0.619. The predicted molar refractivity (Wildman–Crippen MR) is 88.5 cm³/mol. The van der Waals surface area contributed by atoms with Crippen LogP contribution in [-0.2, 0) is 9.59 Å². The van der Waals surface area contributed by atoms with Crippen molar-refractivity contribution in [2.45, 2.75) is 26.7 Å². The Morgan fingerprint density at radius 1 is 1.41 bits per heavy atom. The number of halogens is 1. The highest BCUT2D eigenvalue weighted by Crippen LogP contribution is 2.14. The van der Waals surface area contributed by atoms with Crippen molar-refractivity contribution in [1.82, 2.24) is 10.9 Å². The van der Waals surface area contributed by atoms with Gasteiger partial charge in [0.25, 0.3) is 0 Å². The van der Waals surface area contributed by atoms with Crippen LogP contribution < -0.4 is 10.9 Å². The summed E-state index contributed by atoms with van der Waals surface area (Å²) in [5, 5.41) is 7.93. The molecule has 0 saturated heterocycles. The van der Waals surface area contributed by atoms with Crippen molar-refractivity contribution in [3.05, 3.63) is 34.3 Å². The van der Waals surface area contributed by atoms with Crippen molar-refractivity contribution in [2.75, 3.05) is 0 Å². The number of carbonyl (C=O) groups excluding carboxylic acids is 2. The molecule has 0 bridgehead atoms. The van der Waals surface area contributed by atoms with Gasteiger partial charge < -0.3 is 0 Å². The molecule has 0 unspecified atom stereocenters. The van der Waals surface area contributed by atoms with E-state index < -0.39 is 0 Å². The highest BCUT2D eigenvalue weighted by molar-refractivity contribution is 9.10. The molecular weight excluding hydrogens is 348 g/mol. The fourth-order valence-electron chi connectivity index (χ4n) is 2.06. The molecule has 22 heavy (non-hydrogen) atoms. The molecule has 1 heterocycles. The third-order valence-corrected chi connectivity index (χ3v) is 3.96. The molecule has 0 aliphatic carbocycles. The molecule has 0 saturated carbocycles. The zero-order valence-corrected chi connectivity index (χ0v) is 14.0. The van der Waals surface area contributed by atoms with Gasteiger partial charge in [-0.2, -0.15) is 10.2 Å². The van der Waals surface area contributed by atoms with Crippen molar-refractivity contribution < 1.29 is 9.59 Å². The topological polar surface area (TPSA) is 82.9 Å². The molecule has 1 aromatic rings. The van der Waals surface area contributed by atoms with Gasteiger partial charge in [0.2, 0.25) is 11.8 Å². The highest BCUT2D eigenvalue weighted by Gasteiger charge is 2.26. The lowest BCUT2D eigenvalue weighted by molar-refractivity contribution is -0.123. The second-order valence-electron chi connectivity index (χ2n) is 5.06. The molecule has 116 valence electrons. The second kappa shape index (κ2) is 7.31. The summed E-state index contributed by atoms with van der Waals surface area (Å²) in [7, 11) is 0. The number of rotatable bonds is 5. The number of nitrogens with zero attached hydrogens (tertiary/aromatic N) is 2. The van der Waals surface area contributed by atoms with E-state index in [1.807, 2.05) is 31.2 Å². The van der Waals surface area contributed by atoms with Crippen LogP contribution in [0.1, 0.15) is 32.3 Å². The van der Waals surface area contributed by atoms with Gasteiger partial charge in [-0.1, -0.05) is 28.1 Å². The van der Waals surface area contributed by atoms with Crippen molar-refractivity contribution in [3.8, 4) is 0 Å². The van der Waals surface area contributed by atoms with Gasteiger partial charge in [0.05, 0.1) is 11.6 Å². The summed E-state index contributed by atoms with van der Waals surface area (Å²) in [6.45, 7) is 3.60. The molecular formula is C15H17BrN4O2. The highest BCUT2D eigenvalue weighted by atomic mass is 79.9. The number of hydrazone groups is 2. The first-order valence-electron chi connectivity index (χ1n) is 6.90. The monoisotopic (exact) mass is 364 g/mol. The SMILES string of the molecule is CC1=NNC(=O)[C@@H]1CCC(=O)N/N=C(/C)c1ccc(Br)cc1.